The van der Waals surface area contributed by atoms with Crippen molar-refractivity contribution in [1.82, 2.24) is 10.2 Å². The molecule has 0 aliphatic carbocycles. The van der Waals surface area contributed by atoms with E-state index in [1.807, 2.05) is 0 Å². The van der Waals surface area contributed by atoms with Gasteiger partial charge in [0.05, 0.1) is 11.5 Å². The van der Waals surface area contributed by atoms with Gasteiger partial charge in [-0.1, -0.05) is 19.8 Å². The van der Waals surface area contributed by atoms with Crippen molar-refractivity contribution in [3.63, 3.8) is 0 Å². The first-order chi connectivity index (χ1) is 8.62. The largest absolute Gasteiger partial charge is 0.311 e. The lowest BCUT2D eigenvalue weighted by Crippen LogP contribution is -2.48. The van der Waals surface area contributed by atoms with Crippen molar-refractivity contribution < 1.29 is 8.42 Å². The molecule has 2 saturated heterocycles. The van der Waals surface area contributed by atoms with Gasteiger partial charge in [0.1, 0.15) is 0 Å². The third-order valence-corrected chi connectivity index (χ3v) is 5.84. The molecule has 0 amide bonds. The minimum Gasteiger partial charge on any atom is -0.311 e. The van der Waals surface area contributed by atoms with E-state index in [9.17, 15) is 8.42 Å². The van der Waals surface area contributed by atoms with E-state index in [4.69, 9.17) is 0 Å². The van der Waals surface area contributed by atoms with E-state index < -0.39 is 9.84 Å². The topological polar surface area (TPSA) is 49.4 Å². The maximum Gasteiger partial charge on any atom is 0.153 e. The van der Waals surface area contributed by atoms with Gasteiger partial charge < -0.3 is 5.32 Å². The van der Waals surface area contributed by atoms with Crippen LogP contribution in [-0.4, -0.2) is 56.5 Å². The molecule has 2 fully saturated rings. The monoisotopic (exact) mass is 274 g/mol. The fourth-order valence-electron chi connectivity index (χ4n) is 3.12. The van der Waals surface area contributed by atoms with Gasteiger partial charge in [-0.05, 0) is 38.9 Å². The van der Waals surface area contributed by atoms with Crippen molar-refractivity contribution in [1.29, 1.82) is 0 Å². The van der Waals surface area contributed by atoms with Gasteiger partial charge in [0.15, 0.2) is 9.84 Å². The lowest BCUT2D eigenvalue weighted by atomic mass is 10.1. The van der Waals surface area contributed by atoms with Crippen LogP contribution in [0, 0.1) is 0 Å². The second kappa shape index (κ2) is 6.35. The third kappa shape index (κ3) is 3.68. The molecule has 2 heterocycles. The molecule has 0 saturated carbocycles. The molecule has 1 N–H and O–H groups in total. The number of unbranched alkanes of at least 4 members (excludes halogenated alkanes) is 2. The van der Waals surface area contributed by atoms with Crippen molar-refractivity contribution in [3.05, 3.63) is 0 Å². The first kappa shape index (κ1) is 14.3. The molecular weight excluding hydrogens is 248 g/mol. The minimum absolute atomic E-state index is 0.157. The molecule has 2 rings (SSSR count). The van der Waals surface area contributed by atoms with Crippen LogP contribution in [-0.2, 0) is 9.84 Å². The molecule has 0 aromatic heterocycles. The first-order valence-corrected chi connectivity index (χ1v) is 9.12. The summed E-state index contributed by atoms with van der Waals surface area (Å²) in [4.78, 5) is 2.38. The second-order valence-corrected chi connectivity index (χ2v) is 7.81. The Labute approximate surface area is 111 Å². The van der Waals surface area contributed by atoms with Gasteiger partial charge in [-0.2, -0.15) is 0 Å². The average molecular weight is 274 g/mol. The molecule has 18 heavy (non-hydrogen) atoms. The molecule has 2 aliphatic heterocycles. The third-order valence-electron chi connectivity index (χ3n) is 4.12. The van der Waals surface area contributed by atoms with Gasteiger partial charge in [-0.25, -0.2) is 8.42 Å². The van der Waals surface area contributed by atoms with E-state index in [1.54, 1.807) is 0 Å². The molecule has 4 nitrogen and oxygen atoms in total. The van der Waals surface area contributed by atoms with Gasteiger partial charge >= 0.3 is 0 Å². The lowest BCUT2D eigenvalue weighted by molar-refractivity contribution is 0.226. The van der Waals surface area contributed by atoms with E-state index >= 15 is 0 Å². The maximum atomic E-state index is 11.8. The van der Waals surface area contributed by atoms with Crippen molar-refractivity contribution >= 4 is 9.84 Å². The summed E-state index contributed by atoms with van der Waals surface area (Å²) in [5.74, 6) is 0.693. The SMILES string of the molecule is CCCCCN[C@H]1CS(=O)(=O)C[C@H]1N1CCCC1. The summed E-state index contributed by atoms with van der Waals surface area (Å²) < 4.78 is 23.7. The lowest BCUT2D eigenvalue weighted by Gasteiger charge is -2.28. The summed E-state index contributed by atoms with van der Waals surface area (Å²) in [5, 5.41) is 3.48. The van der Waals surface area contributed by atoms with Crippen LogP contribution in [0.3, 0.4) is 0 Å². The van der Waals surface area contributed by atoms with Gasteiger partial charge in [-0.3, -0.25) is 4.90 Å². The number of rotatable bonds is 6. The summed E-state index contributed by atoms with van der Waals surface area (Å²) in [5.41, 5.74) is 0. The number of nitrogens with one attached hydrogen (secondary N) is 1. The van der Waals surface area contributed by atoms with Crippen LogP contribution in [0.4, 0.5) is 0 Å². The number of hydrogen-bond acceptors (Lipinski definition) is 4. The average Bonchev–Trinajstić information content (AvgIpc) is 2.91. The molecule has 2 aliphatic rings. The second-order valence-electron chi connectivity index (χ2n) is 5.66. The molecule has 106 valence electrons. The van der Waals surface area contributed by atoms with Crippen molar-refractivity contribution in [2.24, 2.45) is 0 Å². The Morgan fingerprint density at radius 2 is 1.89 bits per heavy atom. The summed E-state index contributed by atoms with van der Waals surface area (Å²) >= 11 is 0. The van der Waals surface area contributed by atoms with E-state index in [2.05, 4.69) is 17.1 Å². The van der Waals surface area contributed by atoms with Crippen LogP contribution in [0.25, 0.3) is 0 Å². The highest BCUT2D eigenvalue weighted by Gasteiger charge is 2.41. The highest BCUT2D eigenvalue weighted by Crippen LogP contribution is 2.22. The van der Waals surface area contributed by atoms with Crippen LogP contribution >= 0.6 is 0 Å². The van der Waals surface area contributed by atoms with Gasteiger partial charge in [0.2, 0.25) is 0 Å². The van der Waals surface area contributed by atoms with Gasteiger partial charge in [-0.15, -0.1) is 0 Å². The molecule has 0 radical (unpaired) electrons. The standard InChI is InChI=1S/C13H26N2O2S/c1-2-3-4-7-14-12-10-18(16,17)11-13(12)15-8-5-6-9-15/h12-14H,2-11H2,1H3/t12-,13+/m0/s1. The predicted molar refractivity (Wildman–Crippen MR) is 74.6 cm³/mol. The number of sulfone groups is 1. The summed E-state index contributed by atoms with van der Waals surface area (Å²) in [7, 11) is -2.83. The Morgan fingerprint density at radius 3 is 2.56 bits per heavy atom. The van der Waals surface area contributed by atoms with E-state index in [-0.39, 0.29) is 12.1 Å². The Kier molecular flexibility index (Phi) is 5.04. The van der Waals surface area contributed by atoms with E-state index in [1.165, 1.54) is 25.7 Å². The van der Waals surface area contributed by atoms with Crippen LogP contribution in [0.5, 0.6) is 0 Å². The number of hydrogen-bond donors (Lipinski definition) is 1. The molecule has 2 atom stereocenters. The fourth-order valence-corrected chi connectivity index (χ4v) is 5.11. The molecular formula is C13H26N2O2S. The molecule has 0 bridgehead atoms. The van der Waals surface area contributed by atoms with Crippen LogP contribution in [0.15, 0.2) is 0 Å². The minimum atomic E-state index is -2.83. The van der Waals surface area contributed by atoms with Crippen LogP contribution in [0.2, 0.25) is 0 Å². The summed E-state index contributed by atoms with van der Waals surface area (Å²) in [6.45, 7) is 5.30. The van der Waals surface area contributed by atoms with Crippen LogP contribution in [0.1, 0.15) is 39.0 Å². The highest BCUT2D eigenvalue weighted by molar-refractivity contribution is 7.91. The Hall–Kier alpha value is -0.130. The summed E-state index contributed by atoms with van der Waals surface area (Å²) in [6.07, 6.45) is 6.03. The molecule has 0 aromatic rings. The molecule has 0 aromatic carbocycles. The molecule has 0 spiro atoms. The van der Waals surface area contributed by atoms with Crippen molar-refractivity contribution in [2.75, 3.05) is 31.1 Å². The van der Waals surface area contributed by atoms with Gasteiger partial charge in [0.25, 0.3) is 0 Å². The normalized spacial score (nSPS) is 32.1. The smallest absolute Gasteiger partial charge is 0.153 e. The molecule has 5 heteroatoms. The molecule has 0 unspecified atom stereocenters. The zero-order chi connectivity index (χ0) is 13.0. The number of likely N-dealkylation sites (tertiary alicyclic amines) is 1. The Morgan fingerprint density at radius 1 is 1.17 bits per heavy atom. The van der Waals surface area contributed by atoms with E-state index in [0.29, 0.717) is 11.5 Å². The van der Waals surface area contributed by atoms with E-state index in [0.717, 1.165) is 26.1 Å². The Balaban J connectivity index is 1.88. The number of nitrogens with zero attached hydrogens (tertiary/aromatic N) is 1. The Bertz CT molecular complexity index is 350. The fraction of sp³-hybridized carbons (Fsp3) is 1.00. The maximum absolute atomic E-state index is 11.8. The highest BCUT2D eigenvalue weighted by atomic mass is 32.2. The quantitative estimate of drug-likeness (QED) is 0.735. The zero-order valence-corrected chi connectivity index (χ0v) is 12.2. The predicted octanol–water partition coefficient (Wildman–Crippen LogP) is 1.03. The van der Waals surface area contributed by atoms with Crippen molar-refractivity contribution in [3.8, 4) is 0 Å². The first-order valence-electron chi connectivity index (χ1n) is 7.30. The summed E-state index contributed by atoms with van der Waals surface area (Å²) in [6, 6.07) is 0.379. The van der Waals surface area contributed by atoms with Crippen molar-refractivity contribution in [2.45, 2.75) is 51.1 Å². The zero-order valence-electron chi connectivity index (χ0n) is 11.4. The van der Waals surface area contributed by atoms with Crippen LogP contribution < -0.4 is 5.32 Å². The van der Waals surface area contributed by atoms with Gasteiger partial charge in [0, 0.05) is 12.1 Å².